The Morgan fingerprint density at radius 1 is 1.33 bits per heavy atom. The van der Waals surface area contributed by atoms with E-state index in [1.165, 1.54) is 37.7 Å². The standard InChI is InChI=1S/C10H15S.Li/c1-2-3-4-5-6-10-7-8-11-9-10;/h7-8H,2-6H2,1H3;/q-1;+1. The molecule has 0 saturated carbocycles. The molecule has 2 heteroatoms. The quantitative estimate of drug-likeness (QED) is 0.350. The fourth-order valence-corrected chi connectivity index (χ4v) is 1.76. The number of thiophene rings is 1. The van der Waals surface area contributed by atoms with Crippen molar-refractivity contribution in [2.24, 2.45) is 0 Å². The molecule has 0 aliphatic heterocycles. The Labute approximate surface area is 91.6 Å². The van der Waals surface area contributed by atoms with Crippen LogP contribution in [-0.4, -0.2) is 0 Å². The monoisotopic (exact) mass is 174 g/mol. The van der Waals surface area contributed by atoms with Gasteiger partial charge in [-0.25, -0.2) is 6.07 Å². The van der Waals surface area contributed by atoms with Crippen molar-refractivity contribution in [3.63, 3.8) is 0 Å². The molecule has 1 heterocycles. The third-order valence-corrected chi connectivity index (χ3v) is 2.48. The molecule has 1 aromatic heterocycles. The molecule has 0 aliphatic carbocycles. The normalized spacial score (nSPS) is 9.42. The van der Waals surface area contributed by atoms with Crippen LogP contribution in [0, 0.1) is 5.38 Å². The minimum absolute atomic E-state index is 0. The number of hydrogen-bond donors (Lipinski definition) is 0. The average Bonchev–Trinajstić information content (AvgIpc) is 2.50. The fraction of sp³-hybridized carbons (Fsp3) is 0.600. The second-order valence-electron chi connectivity index (χ2n) is 2.86. The Morgan fingerprint density at radius 3 is 2.75 bits per heavy atom. The van der Waals surface area contributed by atoms with Gasteiger partial charge < -0.3 is 11.3 Å². The van der Waals surface area contributed by atoms with E-state index in [2.05, 4.69) is 23.8 Å². The molecule has 1 aromatic rings. The van der Waals surface area contributed by atoms with Crippen molar-refractivity contribution < 1.29 is 18.9 Å². The molecular formula is C10H15LiS. The van der Waals surface area contributed by atoms with E-state index in [0.717, 1.165) is 0 Å². The molecule has 0 N–H and O–H groups in total. The molecule has 0 bridgehead atoms. The predicted octanol–water partition coefficient (Wildman–Crippen LogP) is 0.675. The zero-order valence-electron chi connectivity index (χ0n) is 8.10. The molecule has 0 fully saturated rings. The number of rotatable bonds is 5. The smallest absolute Gasteiger partial charge is 0.304 e. The molecule has 1 rings (SSSR count). The van der Waals surface area contributed by atoms with Crippen LogP contribution in [0.15, 0.2) is 11.4 Å². The summed E-state index contributed by atoms with van der Waals surface area (Å²) in [7, 11) is 0. The van der Waals surface area contributed by atoms with Crippen LogP contribution in [0.1, 0.15) is 38.2 Å². The summed E-state index contributed by atoms with van der Waals surface area (Å²) in [5, 5.41) is 5.36. The van der Waals surface area contributed by atoms with Gasteiger partial charge in [0.15, 0.2) is 0 Å². The minimum Gasteiger partial charge on any atom is -0.304 e. The summed E-state index contributed by atoms with van der Waals surface area (Å²) in [4.78, 5) is 0. The van der Waals surface area contributed by atoms with Crippen LogP contribution in [-0.2, 0) is 6.42 Å². The Balaban J connectivity index is 0.00000121. The summed E-state index contributed by atoms with van der Waals surface area (Å²) in [5.41, 5.74) is 1.39. The molecular weight excluding hydrogens is 159 g/mol. The minimum atomic E-state index is 0. The molecule has 0 aromatic carbocycles. The summed E-state index contributed by atoms with van der Waals surface area (Å²) < 4.78 is 0. The van der Waals surface area contributed by atoms with Crippen molar-refractivity contribution in [2.75, 3.05) is 0 Å². The third kappa shape index (κ3) is 5.03. The first-order chi connectivity index (χ1) is 5.43. The first-order valence-electron chi connectivity index (χ1n) is 4.37. The van der Waals surface area contributed by atoms with Crippen LogP contribution < -0.4 is 18.9 Å². The van der Waals surface area contributed by atoms with Crippen molar-refractivity contribution in [2.45, 2.75) is 39.0 Å². The van der Waals surface area contributed by atoms with Crippen molar-refractivity contribution in [3.8, 4) is 0 Å². The van der Waals surface area contributed by atoms with Gasteiger partial charge >= 0.3 is 18.9 Å². The van der Waals surface area contributed by atoms with Crippen molar-refractivity contribution >= 4 is 11.3 Å². The van der Waals surface area contributed by atoms with Gasteiger partial charge in [0.2, 0.25) is 0 Å². The Hall–Kier alpha value is 0.297. The second-order valence-corrected chi connectivity index (χ2v) is 3.57. The van der Waals surface area contributed by atoms with Gasteiger partial charge in [-0.3, -0.25) is 0 Å². The Morgan fingerprint density at radius 2 is 2.17 bits per heavy atom. The second kappa shape index (κ2) is 7.92. The fourth-order valence-electron chi connectivity index (χ4n) is 1.14. The van der Waals surface area contributed by atoms with Crippen LogP contribution in [0.3, 0.4) is 0 Å². The van der Waals surface area contributed by atoms with E-state index in [4.69, 9.17) is 0 Å². The molecule has 12 heavy (non-hydrogen) atoms. The van der Waals surface area contributed by atoms with Gasteiger partial charge in [-0.2, -0.15) is 10.9 Å². The Bertz CT molecular complexity index is 170. The van der Waals surface area contributed by atoms with Crippen LogP contribution in [0.2, 0.25) is 0 Å². The first kappa shape index (κ1) is 12.3. The Kier molecular flexibility index (Phi) is 8.12. The molecule has 0 spiro atoms. The van der Waals surface area contributed by atoms with Gasteiger partial charge in [0, 0.05) is 0 Å². The van der Waals surface area contributed by atoms with Crippen LogP contribution >= 0.6 is 11.3 Å². The van der Waals surface area contributed by atoms with Gasteiger partial charge in [0.25, 0.3) is 0 Å². The van der Waals surface area contributed by atoms with Crippen molar-refractivity contribution in [1.82, 2.24) is 0 Å². The van der Waals surface area contributed by atoms with Crippen molar-refractivity contribution in [3.05, 3.63) is 22.4 Å². The third-order valence-electron chi connectivity index (χ3n) is 1.83. The molecule has 0 aliphatic rings. The average molecular weight is 174 g/mol. The molecule has 62 valence electrons. The van der Waals surface area contributed by atoms with Gasteiger partial charge in [-0.1, -0.05) is 39.0 Å². The number of unbranched alkanes of at least 4 members (excludes halogenated alkanes) is 3. The van der Waals surface area contributed by atoms with Gasteiger partial charge in [0.05, 0.1) is 0 Å². The number of aryl methyl sites for hydroxylation is 1. The summed E-state index contributed by atoms with van der Waals surface area (Å²) in [5.74, 6) is 0. The molecule has 0 radical (unpaired) electrons. The summed E-state index contributed by atoms with van der Waals surface area (Å²) in [6.07, 6.45) is 6.64. The van der Waals surface area contributed by atoms with E-state index in [-0.39, 0.29) is 18.9 Å². The van der Waals surface area contributed by atoms with Crippen molar-refractivity contribution in [1.29, 1.82) is 0 Å². The molecule has 0 nitrogen and oxygen atoms in total. The van der Waals surface area contributed by atoms with E-state index < -0.39 is 0 Å². The zero-order valence-corrected chi connectivity index (χ0v) is 8.91. The molecule has 0 amide bonds. The largest absolute Gasteiger partial charge is 1.00 e. The van der Waals surface area contributed by atoms with E-state index in [1.54, 1.807) is 11.3 Å². The SMILES string of the molecule is CCCCCCc1[c-]scc1.[Li+]. The predicted molar refractivity (Wildman–Crippen MR) is 51.0 cm³/mol. The first-order valence-corrected chi connectivity index (χ1v) is 5.25. The molecule has 0 unspecified atom stereocenters. The number of hydrogen-bond acceptors (Lipinski definition) is 1. The van der Waals surface area contributed by atoms with Crippen LogP contribution in [0.5, 0.6) is 0 Å². The maximum atomic E-state index is 3.26. The van der Waals surface area contributed by atoms with Gasteiger partial charge in [-0.05, 0) is 0 Å². The van der Waals surface area contributed by atoms with Gasteiger partial charge in [0.1, 0.15) is 0 Å². The van der Waals surface area contributed by atoms with Gasteiger partial charge in [-0.15, -0.1) is 5.38 Å². The van der Waals surface area contributed by atoms with E-state index in [1.807, 2.05) is 0 Å². The summed E-state index contributed by atoms with van der Waals surface area (Å²) >= 11 is 1.68. The molecule has 0 atom stereocenters. The van der Waals surface area contributed by atoms with E-state index in [9.17, 15) is 0 Å². The van der Waals surface area contributed by atoms with Crippen LogP contribution in [0.4, 0.5) is 0 Å². The topological polar surface area (TPSA) is 0 Å². The summed E-state index contributed by atoms with van der Waals surface area (Å²) in [6.45, 7) is 2.25. The van der Waals surface area contributed by atoms with Crippen LogP contribution in [0.25, 0.3) is 0 Å². The van der Waals surface area contributed by atoms with E-state index in [0.29, 0.717) is 0 Å². The zero-order chi connectivity index (χ0) is 7.94. The van der Waals surface area contributed by atoms with E-state index >= 15 is 0 Å². The maximum Gasteiger partial charge on any atom is 1.00 e. The maximum absolute atomic E-state index is 3.26. The summed E-state index contributed by atoms with van der Waals surface area (Å²) in [6, 6.07) is 2.18. The molecule has 0 saturated heterocycles.